The van der Waals surface area contributed by atoms with E-state index in [1.54, 1.807) is 18.3 Å². The number of hydrazone groups is 1. The van der Waals surface area contributed by atoms with Gasteiger partial charge in [0, 0.05) is 27.3 Å². The molecule has 0 radical (unpaired) electrons. The number of amides is 1. The van der Waals surface area contributed by atoms with E-state index in [0.717, 1.165) is 15.6 Å². The minimum absolute atomic E-state index is 0.0365. The Hall–Kier alpha value is -2.40. The largest absolute Gasteiger partial charge is 0.360 e. The average molecular weight is 454 g/mol. The lowest BCUT2D eigenvalue weighted by atomic mass is 9.86. The van der Waals surface area contributed by atoms with Crippen LogP contribution in [-0.2, 0) is 0 Å². The van der Waals surface area contributed by atoms with Crippen LogP contribution in [0.4, 0.5) is 5.69 Å². The highest BCUT2D eigenvalue weighted by molar-refractivity contribution is 9.10. The Morgan fingerprint density at radius 2 is 1.93 bits per heavy atom. The minimum atomic E-state index is -0.234. The fraction of sp³-hybridized carbons (Fsp3) is 0.333. The highest BCUT2D eigenvalue weighted by Crippen LogP contribution is 2.41. The second kappa shape index (κ2) is 8.15. The number of benzene rings is 2. The van der Waals surface area contributed by atoms with Crippen LogP contribution >= 0.6 is 15.9 Å². The molecule has 1 aliphatic rings. The van der Waals surface area contributed by atoms with Crippen LogP contribution in [0.2, 0.25) is 0 Å². The lowest BCUT2D eigenvalue weighted by Crippen LogP contribution is -2.49. The number of nitrogens with zero attached hydrogens (tertiary/aromatic N) is 2. The highest BCUT2D eigenvalue weighted by Gasteiger charge is 2.33. The molecule has 1 heterocycles. The second-order valence-corrected chi connectivity index (χ2v) is 9.30. The summed E-state index contributed by atoms with van der Waals surface area (Å²) in [4.78, 5) is 14.7. The molecule has 0 saturated carbocycles. The monoisotopic (exact) mass is 453 g/mol. The number of aryl methyl sites for hydroxylation is 1. The number of allylic oxidation sites excluding steroid dienone is 1. The van der Waals surface area contributed by atoms with Crippen molar-refractivity contribution in [3.8, 4) is 0 Å². The predicted molar refractivity (Wildman–Crippen MR) is 126 cm³/mol. The van der Waals surface area contributed by atoms with E-state index in [4.69, 9.17) is 0 Å². The van der Waals surface area contributed by atoms with E-state index in [1.165, 1.54) is 16.8 Å². The van der Waals surface area contributed by atoms with E-state index in [0.29, 0.717) is 11.6 Å². The molecule has 2 aromatic carbocycles. The van der Waals surface area contributed by atoms with Gasteiger partial charge in [-0.2, -0.15) is 5.10 Å². The van der Waals surface area contributed by atoms with E-state index in [-0.39, 0.29) is 11.4 Å². The van der Waals surface area contributed by atoms with Crippen molar-refractivity contribution in [1.82, 2.24) is 5.43 Å². The van der Waals surface area contributed by atoms with Crippen molar-refractivity contribution in [3.05, 3.63) is 69.2 Å². The Kier molecular flexibility index (Phi) is 5.99. The molecule has 0 unspecified atom stereocenters. The van der Waals surface area contributed by atoms with Gasteiger partial charge in [0.25, 0.3) is 5.91 Å². The first-order valence-corrected chi connectivity index (χ1v) is 10.6. The summed E-state index contributed by atoms with van der Waals surface area (Å²) in [5.74, 6) is -0.234. The van der Waals surface area contributed by atoms with Gasteiger partial charge in [0.2, 0.25) is 0 Å². The van der Waals surface area contributed by atoms with E-state index < -0.39 is 0 Å². The third-order valence-electron chi connectivity index (χ3n) is 5.23. The van der Waals surface area contributed by atoms with Crippen molar-refractivity contribution in [2.24, 2.45) is 5.10 Å². The van der Waals surface area contributed by atoms with Gasteiger partial charge in [-0.15, -0.1) is 0 Å². The second-order valence-electron chi connectivity index (χ2n) is 8.38. The third kappa shape index (κ3) is 4.45. The zero-order chi connectivity index (χ0) is 21.3. The Bertz CT molecular complexity index is 1010. The molecule has 0 atom stereocenters. The van der Waals surface area contributed by atoms with Gasteiger partial charge in [-0.05, 0) is 88.6 Å². The number of nitrogens with one attached hydrogen (secondary N) is 1. The smallest absolute Gasteiger partial charge is 0.271 e. The summed E-state index contributed by atoms with van der Waals surface area (Å²) < 4.78 is 0.861. The Morgan fingerprint density at radius 1 is 1.21 bits per heavy atom. The summed E-state index contributed by atoms with van der Waals surface area (Å²) in [7, 11) is 0. The Morgan fingerprint density at radius 3 is 2.59 bits per heavy atom. The van der Waals surface area contributed by atoms with Crippen LogP contribution in [0.1, 0.15) is 61.7 Å². The summed E-state index contributed by atoms with van der Waals surface area (Å²) in [5, 5.41) is 4.19. The van der Waals surface area contributed by atoms with Crippen molar-refractivity contribution in [3.63, 3.8) is 0 Å². The average Bonchev–Trinajstić information content (AvgIpc) is 2.61. The molecule has 0 bridgehead atoms. The molecule has 0 aromatic heterocycles. The molecule has 2 aromatic rings. The van der Waals surface area contributed by atoms with E-state index >= 15 is 0 Å². The van der Waals surface area contributed by atoms with Gasteiger partial charge < -0.3 is 4.90 Å². The molecule has 152 valence electrons. The number of halogens is 1. The molecular weight excluding hydrogens is 426 g/mol. The molecule has 1 N–H and O–H groups in total. The zero-order valence-corrected chi connectivity index (χ0v) is 19.5. The minimum Gasteiger partial charge on any atom is -0.360 e. The fourth-order valence-corrected chi connectivity index (χ4v) is 4.55. The van der Waals surface area contributed by atoms with Crippen molar-refractivity contribution < 1.29 is 4.79 Å². The first-order valence-electron chi connectivity index (χ1n) is 9.83. The number of hydrogen-bond donors (Lipinski definition) is 1. The van der Waals surface area contributed by atoms with Gasteiger partial charge in [-0.25, -0.2) is 5.43 Å². The van der Waals surface area contributed by atoms with Crippen LogP contribution < -0.4 is 10.3 Å². The van der Waals surface area contributed by atoms with Crippen LogP contribution in [0.25, 0.3) is 5.57 Å². The topological polar surface area (TPSA) is 44.7 Å². The van der Waals surface area contributed by atoms with Crippen LogP contribution in [-0.4, -0.2) is 23.7 Å². The lowest BCUT2D eigenvalue weighted by molar-refractivity contribution is 0.0955. The molecule has 0 fully saturated rings. The molecule has 0 spiro atoms. The molecule has 29 heavy (non-hydrogen) atoms. The van der Waals surface area contributed by atoms with Gasteiger partial charge in [-0.1, -0.05) is 28.1 Å². The van der Waals surface area contributed by atoms with Gasteiger partial charge in [-0.3, -0.25) is 4.79 Å². The molecule has 0 aliphatic carbocycles. The quantitative estimate of drug-likeness (QED) is 0.460. The number of fused-ring (bicyclic) bond motifs is 1. The van der Waals surface area contributed by atoms with Gasteiger partial charge in [0.15, 0.2) is 0 Å². The number of carbonyl (C=O) groups excluding carboxylic acids is 1. The lowest BCUT2D eigenvalue weighted by Gasteiger charge is -2.46. The van der Waals surface area contributed by atoms with E-state index in [2.05, 4.69) is 91.1 Å². The molecule has 1 amide bonds. The summed E-state index contributed by atoms with van der Waals surface area (Å²) >= 11 is 3.38. The maximum Gasteiger partial charge on any atom is 0.271 e. The summed E-state index contributed by atoms with van der Waals surface area (Å²) in [5.41, 5.74) is 8.98. The first-order chi connectivity index (χ1) is 13.6. The third-order valence-corrected chi connectivity index (χ3v) is 5.73. The van der Waals surface area contributed by atoms with Gasteiger partial charge in [0.1, 0.15) is 0 Å². The molecular formula is C24H28BrN3O. The van der Waals surface area contributed by atoms with Crippen molar-refractivity contribution >= 4 is 39.3 Å². The summed E-state index contributed by atoms with van der Waals surface area (Å²) in [6.45, 7) is 13.2. The van der Waals surface area contributed by atoms with Crippen molar-refractivity contribution in [2.75, 3.05) is 4.90 Å². The first kappa shape index (κ1) is 21.3. The van der Waals surface area contributed by atoms with Crippen LogP contribution in [0.3, 0.4) is 0 Å². The van der Waals surface area contributed by atoms with Crippen molar-refractivity contribution in [2.45, 2.75) is 53.1 Å². The zero-order valence-electron chi connectivity index (χ0n) is 17.9. The van der Waals surface area contributed by atoms with Gasteiger partial charge in [0.05, 0.1) is 11.8 Å². The normalized spacial score (nSPS) is 15.4. The molecule has 5 heteroatoms. The SMILES string of the molecule is CC1=CC(C)(C)N(C(C)C)c2cc(C)c(/C=N\NC(=O)c3cccc(Br)c3)cc21. The Labute approximate surface area is 181 Å². The van der Waals surface area contributed by atoms with Gasteiger partial charge >= 0.3 is 0 Å². The van der Waals surface area contributed by atoms with Crippen molar-refractivity contribution in [1.29, 1.82) is 0 Å². The number of hydrogen-bond acceptors (Lipinski definition) is 3. The standard InChI is InChI=1S/C24H28BrN3O/c1-15(2)28-22-10-16(3)19(12-21(22)17(4)13-24(28,5)6)14-26-27-23(29)18-8-7-9-20(25)11-18/h7-15H,1-6H3,(H,27,29)/b26-14-. The maximum absolute atomic E-state index is 12.3. The number of rotatable bonds is 4. The fourth-order valence-electron chi connectivity index (χ4n) is 4.15. The molecule has 0 saturated heterocycles. The predicted octanol–water partition coefficient (Wildman–Crippen LogP) is 5.93. The van der Waals surface area contributed by atoms with Crippen LogP contribution in [0.5, 0.6) is 0 Å². The molecule has 3 rings (SSSR count). The molecule has 1 aliphatic heterocycles. The summed E-state index contributed by atoms with van der Waals surface area (Å²) in [6, 6.07) is 12.0. The van der Waals surface area contributed by atoms with Crippen LogP contribution in [0, 0.1) is 6.92 Å². The number of anilines is 1. The Balaban J connectivity index is 1.88. The van der Waals surface area contributed by atoms with E-state index in [9.17, 15) is 4.79 Å². The van der Waals surface area contributed by atoms with Crippen LogP contribution in [0.15, 0.2) is 52.0 Å². The summed E-state index contributed by atoms with van der Waals surface area (Å²) in [6.07, 6.45) is 4.04. The maximum atomic E-state index is 12.3. The highest BCUT2D eigenvalue weighted by atomic mass is 79.9. The van der Waals surface area contributed by atoms with E-state index in [1.807, 2.05) is 12.1 Å². The molecule has 4 nitrogen and oxygen atoms in total. The number of carbonyl (C=O) groups is 1.